The number of nitrogens with zero attached hydrogens (tertiary/aromatic N) is 3. The molecule has 0 atom stereocenters. The highest BCUT2D eigenvalue weighted by atomic mass is 16.2. The van der Waals surface area contributed by atoms with Crippen molar-refractivity contribution in [2.45, 2.75) is 6.42 Å². The molecule has 5 aromatic rings. The predicted molar refractivity (Wildman–Crippen MR) is 141 cm³/mol. The Morgan fingerprint density at radius 1 is 0.833 bits per heavy atom. The van der Waals surface area contributed by atoms with E-state index in [2.05, 4.69) is 16.4 Å². The Bertz CT molecular complexity index is 1600. The van der Waals surface area contributed by atoms with E-state index in [1.807, 2.05) is 59.5 Å². The fourth-order valence-corrected chi connectivity index (χ4v) is 4.63. The molecule has 6 rings (SSSR count). The first-order chi connectivity index (χ1) is 17.7. The number of aromatic nitrogens is 2. The fraction of sp³-hybridized carbons (Fsp3) is 0.0667. The maximum Gasteiger partial charge on any atom is 0.258 e. The topological polar surface area (TPSA) is 75.2 Å². The number of carbonyl (C=O) groups is 2. The molecule has 0 fully saturated rings. The Kier molecular flexibility index (Phi) is 5.46. The van der Waals surface area contributed by atoms with E-state index in [1.54, 1.807) is 42.7 Å². The molecule has 6 heteroatoms. The lowest BCUT2D eigenvalue weighted by atomic mass is 10.0. The highest BCUT2D eigenvalue weighted by Gasteiger charge is 2.25. The summed E-state index contributed by atoms with van der Waals surface area (Å²) >= 11 is 0. The summed E-state index contributed by atoms with van der Waals surface area (Å²) in [6.45, 7) is 0.672. The lowest BCUT2D eigenvalue weighted by molar-refractivity contribution is 0.0988. The van der Waals surface area contributed by atoms with E-state index in [4.69, 9.17) is 4.98 Å². The van der Waals surface area contributed by atoms with Crippen LogP contribution in [0.15, 0.2) is 103 Å². The molecule has 1 aliphatic heterocycles. The summed E-state index contributed by atoms with van der Waals surface area (Å²) in [5.41, 5.74) is 6.21. The summed E-state index contributed by atoms with van der Waals surface area (Å²) in [4.78, 5) is 37.1. The summed E-state index contributed by atoms with van der Waals surface area (Å²) in [5, 5.41) is 3.75. The lowest BCUT2D eigenvalue weighted by Crippen LogP contribution is -2.28. The van der Waals surface area contributed by atoms with Crippen LogP contribution >= 0.6 is 0 Å². The van der Waals surface area contributed by atoms with Crippen LogP contribution < -0.4 is 10.2 Å². The number of rotatable bonds is 4. The van der Waals surface area contributed by atoms with Gasteiger partial charge in [-0.05, 0) is 66.6 Å². The van der Waals surface area contributed by atoms with E-state index in [-0.39, 0.29) is 11.8 Å². The van der Waals surface area contributed by atoms with Crippen molar-refractivity contribution >= 4 is 34.1 Å². The predicted octanol–water partition coefficient (Wildman–Crippen LogP) is 5.75. The van der Waals surface area contributed by atoms with Gasteiger partial charge in [-0.2, -0.15) is 0 Å². The number of hydrogen-bond donors (Lipinski definition) is 1. The zero-order valence-corrected chi connectivity index (χ0v) is 19.4. The van der Waals surface area contributed by atoms with Gasteiger partial charge in [0.1, 0.15) is 0 Å². The molecule has 3 aromatic carbocycles. The number of para-hydroxylation sites is 2. The Morgan fingerprint density at radius 2 is 1.58 bits per heavy atom. The average Bonchev–Trinajstić information content (AvgIpc) is 3.37. The normalized spacial score (nSPS) is 12.4. The summed E-state index contributed by atoms with van der Waals surface area (Å²) in [7, 11) is 0. The minimum Gasteiger partial charge on any atom is -0.322 e. The van der Waals surface area contributed by atoms with E-state index >= 15 is 0 Å². The number of benzene rings is 3. The number of fused-ring (bicyclic) bond motifs is 2. The van der Waals surface area contributed by atoms with Crippen LogP contribution in [0.5, 0.6) is 0 Å². The lowest BCUT2D eigenvalue weighted by Gasteiger charge is -2.17. The van der Waals surface area contributed by atoms with Gasteiger partial charge in [0.2, 0.25) is 0 Å². The summed E-state index contributed by atoms with van der Waals surface area (Å²) in [6, 6.07) is 28.2. The van der Waals surface area contributed by atoms with Gasteiger partial charge in [-0.15, -0.1) is 0 Å². The van der Waals surface area contributed by atoms with Gasteiger partial charge in [0.25, 0.3) is 11.8 Å². The van der Waals surface area contributed by atoms with Crippen molar-refractivity contribution in [2.75, 3.05) is 16.8 Å². The number of pyridine rings is 2. The number of anilines is 2. The van der Waals surface area contributed by atoms with Gasteiger partial charge in [0.15, 0.2) is 0 Å². The average molecular weight is 471 g/mol. The molecular weight excluding hydrogens is 448 g/mol. The van der Waals surface area contributed by atoms with Crippen molar-refractivity contribution in [1.29, 1.82) is 0 Å². The van der Waals surface area contributed by atoms with Crippen LogP contribution in [-0.2, 0) is 6.42 Å². The second kappa shape index (κ2) is 9.07. The van der Waals surface area contributed by atoms with Crippen LogP contribution in [0.2, 0.25) is 0 Å². The van der Waals surface area contributed by atoms with Crippen molar-refractivity contribution in [3.05, 3.63) is 120 Å². The quantitative estimate of drug-likeness (QED) is 0.363. The fourth-order valence-electron chi connectivity index (χ4n) is 4.63. The third kappa shape index (κ3) is 3.99. The molecule has 0 unspecified atom stereocenters. The first-order valence-corrected chi connectivity index (χ1v) is 11.8. The van der Waals surface area contributed by atoms with E-state index in [0.717, 1.165) is 28.6 Å². The standard InChI is InChI=1S/C30H22N4O2/c35-29(25-19-27(20-13-16-31-17-14-20)33-26-7-3-2-6-24(25)26)32-23-11-9-22(10-12-23)30(36)34-18-15-21-5-1-4-8-28(21)34/h1-14,16-17,19H,15,18H2,(H,32,35). The highest BCUT2D eigenvalue weighted by Crippen LogP contribution is 2.29. The molecular formula is C30H22N4O2. The zero-order valence-electron chi connectivity index (χ0n) is 19.4. The molecule has 1 N–H and O–H groups in total. The largest absolute Gasteiger partial charge is 0.322 e. The minimum atomic E-state index is -0.239. The maximum absolute atomic E-state index is 13.4. The molecule has 174 valence electrons. The van der Waals surface area contributed by atoms with E-state index in [1.165, 1.54) is 5.56 Å². The van der Waals surface area contributed by atoms with E-state index < -0.39 is 0 Å². The molecule has 0 aliphatic carbocycles. The molecule has 1 aliphatic rings. The zero-order chi connectivity index (χ0) is 24.5. The first kappa shape index (κ1) is 21.7. The van der Waals surface area contributed by atoms with Crippen molar-refractivity contribution in [2.24, 2.45) is 0 Å². The molecule has 36 heavy (non-hydrogen) atoms. The molecule has 6 nitrogen and oxygen atoms in total. The molecule has 2 amide bonds. The van der Waals surface area contributed by atoms with Gasteiger partial charge in [-0.3, -0.25) is 14.6 Å². The van der Waals surface area contributed by atoms with Gasteiger partial charge < -0.3 is 10.2 Å². The molecule has 0 spiro atoms. The third-order valence-electron chi connectivity index (χ3n) is 6.46. The van der Waals surface area contributed by atoms with Crippen LogP contribution in [-0.4, -0.2) is 28.3 Å². The molecule has 2 aromatic heterocycles. The monoisotopic (exact) mass is 470 g/mol. The number of carbonyl (C=O) groups excluding carboxylic acids is 2. The Morgan fingerprint density at radius 3 is 2.42 bits per heavy atom. The molecule has 0 saturated carbocycles. The Hall–Kier alpha value is -4.84. The molecule has 3 heterocycles. The van der Waals surface area contributed by atoms with Crippen LogP contribution in [0.3, 0.4) is 0 Å². The maximum atomic E-state index is 13.4. The summed E-state index contributed by atoms with van der Waals surface area (Å²) in [5.74, 6) is -0.281. The van der Waals surface area contributed by atoms with Crippen molar-refractivity contribution in [3.8, 4) is 11.3 Å². The van der Waals surface area contributed by atoms with Crippen LogP contribution in [0.1, 0.15) is 26.3 Å². The van der Waals surface area contributed by atoms with E-state index in [0.29, 0.717) is 29.1 Å². The van der Waals surface area contributed by atoms with Crippen LogP contribution in [0, 0.1) is 0 Å². The second-order valence-electron chi connectivity index (χ2n) is 8.68. The Labute approximate surface area is 208 Å². The first-order valence-electron chi connectivity index (χ1n) is 11.8. The number of nitrogens with one attached hydrogen (secondary N) is 1. The smallest absolute Gasteiger partial charge is 0.258 e. The van der Waals surface area contributed by atoms with Crippen molar-refractivity contribution in [3.63, 3.8) is 0 Å². The second-order valence-corrected chi connectivity index (χ2v) is 8.68. The minimum absolute atomic E-state index is 0.0417. The van der Waals surface area contributed by atoms with Crippen LogP contribution in [0.25, 0.3) is 22.2 Å². The highest BCUT2D eigenvalue weighted by molar-refractivity contribution is 6.13. The molecule has 0 radical (unpaired) electrons. The van der Waals surface area contributed by atoms with Gasteiger partial charge in [0, 0.05) is 46.8 Å². The van der Waals surface area contributed by atoms with E-state index in [9.17, 15) is 9.59 Å². The Balaban J connectivity index is 1.26. The summed E-state index contributed by atoms with van der Waals surface area (Å²) < 4.78 is 0. The van der Waals surface area contributed by atoms with Gasteiger partial charge in [-0.1, -0.05) is 36.4 Å². The van der Waals surface area contributed by atoms with Gasteiger partial charge in [0.05, 0.1) is 16.8 Å². The third-order valence-corrected chi connectivity index (χ3v) is 6.46. The number of hydrogen-bond acceptors (Lipinski definition) is 4. The van der Waals surface area contributed by atoms with Crippen molar-refractivity contribution < 1.29 is 9.59 Å². The van der Waals surface area contributed by atoms with Gasteiger partial charge in [-0.25, -0.2) is 4.98 Å². The van der Waals surface area contributed by atoms with Crippen LogP contribution in [0.4, 0.5) is 11.4 Å². The summed E-state index contributed by atoms with van der Waals surface area (Å²) in [6.07, 6.45) is 4.27. The molecule has 0 bridgehead atoms. The van der Waals surface area contributed by atoms with Crippen molar-refractivity contribution in [1.82, 2.24) is 9.97 Å². The number of amides is 2. The molecule has 0 saturated heterocycles. The SMILES string of the molecule is O=C(Nc1ccc(C(=O)N2CCc3ccccc32)cc1)c1cc(-c2ccncc2)nc2ccccc12. The van der Waals surface area contributed by atoms with Gasteiger partial charge >= 0.3 is 0 Å².